The smallest absolute Gasteiger partial charge is 0.369 e. The number of hydrogen-bond donors (Lipinski definition) is 1. The number of amides is 1. The maximum Gasteiger partial charge on any atom is 0.369 e. The van der Waals surface area contributed by atoms with Gasteiger partial charge in [-0.2, -0.15) is 8.42 Å². The van der Waals surface area contributed by atoms with Gasteiger partial charge in [-0.15, -0.1) is 0 Å². The van der Waals surface area contributed by atoms with Crippen LogP contribution in [0.4, 0.5) is 0 Å². The molecule has 0 atom stereocenters. The van der Waals surface area contributed by atoms with Crippen molar-refractivity contribution in [1.82, 2.24) is 5.32 Å². The van der Waals surface area contributed by atoms with E-state index in [0.29, 0.717) is 0 Å². The Balaban J connectivity index is 4.83. The average Bonchev–Trinajstić information content (AvgIpc) is 2.50. The van der Waals surface area contributed by atoms with Gasteiger partial charge in [-0.3, -0.25) is 8.98 Å². The van der Waals surface area contributed by atoms with Crippen molar-refractivity contribution in [2.75, 3.05) is 38.7 Å². The van der Waals surface area contributed by atoms with Gasteiger partial charge in [0.15, 0.2) is 0 Å². The summed E-state index contributed by atoms with van der Waals surface area (Å²) in [4.78, 5) is 22.8. The fraction of sp³-hybridized carbons (Fsp3) is 0.857. The van der Waals surface area contributed by atoms with Crippen LogP contribution in [0.1, 0.15) is 34.1 Å². The van der Waals surface area contributed by atoms with E-state index in [2.05, 4.69) is 5.32 Å². The number of esters is 1. The fourth-order valence-corrected chi connectivity index (χ4v) is 2.70. The third-order valence-corrected chi connectivity index (χ3v) is 3.98. The molecule has 142 valence electrons. The van der Waals surface area contributed by atoms with E-state index in [4.69, 9.17) is 18.4 Å². The first-order valence-corrected chi connectivity index (χ1v) is 9.37. The van der Waals surface area contributed by atoms with Crippen LogP contribution in [0, 0.1) is 0 Å². The van der Waals surface area contributed by atoms with Gasteiger partial charge in [0.25, 0.3) is 15.9 Å². The zero-order valence-electron chi connectivity index (χ0n) is 14.6. The largest absolute Gasteiger partial charge is 0.462 e. The van der Waals surface area contributed by atoms with Gasteiger partial charge in [-0.05, 0) is 27.2 Å². The normalized spacial score (nSPS) is 12.0. The third-order valence-electron chi connectivity index (χ3n) is 2.71. The predicted molar refractivity (Wildman–Crippen MR) is 85.7 cm³/mol. The Hall–Kier alpha value is -1.23. The lowest BCUT2D eigenvalue weighted by molar-refractivity contribution is -0.254. The van der Waals surface area contributed by atoms with Gasteiger partial charge in [-0.1, -0.05) is 0 Å². The fourth-order valence-electron chi connectivity index (χ4n) is 1.75. The summed E-state index contributed by atoms with van der Waals surface area (Å²) < 4.78 is 44.2. The van der Waals surface area contributed by atoms with Crippen LogP contribution in [0.5, 0.6) is 0 Å². The molecule has 0 aromatic rings. The van der Waals surface area contributed by atoms with E-state index in [-0.39, 0.29) is 44.4 Å². The molecule has 0 heterocycles. The highest BCUT2D eigenvalue weighted by atomic mass is 32.2. The Morgan fingerprint density at radius 3 is 2.08 bits per heavy atom. The van der Waals surface area contributed by atoms with Crippen LogP contribution in [0.2, 0.25) is 0 Å². The van der Waals surface area contributed by atoms with Crippen molar-refractivity contribution < 1.29 is 36.4 Å². The highest BCUT2D eigenvalue weighted by Crippen LogP contribution is 2.18. The number of carbonyl (C=O) groups excluding carboxylic acids is 2. The first kappa shape index (κ1) is 22.8. The first-order valence-electron chi connectivity index (χ1n) is 7.79. The number of ether oxygens (including phenoxy) is 3. The monoisotopic (exact) mass is 369 g/mol. The minimum atomic E-state index is -3.92. The summed E-state index contributed by atoms with van der Waals surface area (Å²) in [6, 6.07) is 0. The molecule has 24 heavy (non-hydrogen) atoms. The molecule has 0 saturated heterocycles. The molecule has 0 aromatic heterocycles. The lowest BCUT2D eigenvalue weighted by atomic mass is 10.3. The van der Waals surface area contributed by atoms with Crippen molar-refractivity contribution in [3.05, 3.63) is 0 Å². The Morgan fingerprint density at radius 1 is 1.04 bits per heavy atom. The molecular weight excluding hydrogens is 342 g/mol. The van der Waals surface area contributed by atoms with Crippen LogP contribution < -0.4 is 5.32 Å². The van der Waals surface area contributed by atoms with Gasteiger partial charge < -0.3 is 19.5 Å². The summed E-state index contributed by atoms with van der Waals surface area (Å²) in [5.41, 5.74) is 0. The highest BCUT2D eigenvalue weighted by molar-refractivity contribution is 7.86. The van der Waals surface area contributed by atoms with Gasteiger partial charge in [0.05, 0.1) is 12.4 Å². The summed E-state index contributed by atoms with van der Waals surface area (Å²) in [5.74, 6) is -3.33. The number of rotatable bonds is 13. The lowest BCUT2D eigenvalue weighted by Gasteiger charge is -2.29. The van der Waals surface area contributed by atoms with Crippen molar-refractivity contribution in [2.24, 2.45) is 0 Å². The molecule has 10 heteroatoms. The lowest BCUT2D eigenvalue weighted by Crippen LogP contribution is -2.50. The maximum absolute atomic E-state index is 12.1. The van der Waals surface area contributed by atoms with Crippen molar-refractivity contribution in [1.29, 1.82) is 0 Å². The molecule has 0 bridgehead atoms. The topological polar surface area (TPSA) is 117 Å². The van der Waals surface area contributed by atoms with E-state index in [9.17, 15) is 18.0 Å². The van der Waals surface area contributed by atoms with E-state index in [1.165, 1.54) is 6.92 Å². The molecule has 1 N–H and O–H groups in total. The standard InChI is InChI=1S/C14H27NO8S/c1-5-20-13(17)14(21-6-2,22-7-3)11-23-24(18,19)10-8-9-15-12(4)16/h5-11H2,1-4H3,(H,15,16). The van der Waals surface area contributed by atoms with Crippen LogP contribution in [-0.4, -0.2) is 64.8 Å². The SMILES string of the molecule is CCOC(=O)C(COS(=O)(=O)CCCNC(C)=O)(OCC)OCC. The quantitative estimate of drug-likeness (QED) is 0.212. The summed E-state index contributed by atoms with van der Waals surface area (Å²) in [6.45, 7) is 6.07. The Kier molecular flexibility index (Phi) is 10.8. The van der Waals surface area contributed by atoms with Gasteiger partial charge in [0.2, 0.25) is 5.91 Å². The molecule has 0 spiro atoms. The van der Waals surface area contributed by atoms with Crippen molar-refractivity contribution in [3.63, 3.8) is 0 Å². The molecule has 0 radical (unpaired) electrons. The number of nitrogens with one attached hydrogen (secondary N) is 1. The zero-order valence-corrected chi connectivity index (χ0v) is 15.4. The van der Waals surface area contributed by atoms with Crippen molar-refractivity contribution >= 4 is 22.0 Å². The van der Waals surface area contributed by atoms with Gasteiger partial charge in [-0.25, -0.2) is 4.79 Å². The van der Waals surface area contributed by atoms with E-state index in [1.807, 2.05) is 0 Å². The molecule has 9 nitrogen and oxygen atoms in total. The average molecular weight is 369 g/mol. The van der Waals surface area contributed by atoms with Gasteiger partial charge in [0.1, 0.15) is 6.61 Å². The number of hydrogen-bond acceptors (Lipinski definition) is 8. The molecule has 0 fully saturated rings. The Bertz CT molecular complexity index is 485. The highest BCUT2D eigenvalue weighted by Gasteiger charge is 2.44. The molecule has 0 unspecified atom stereocenters. The molecule has 0 aliphatic heterocycles. The molecule has 0 aromatic carbocycles. The van der Waals surface area contributed by atoms with E-state index in [1.54, 1.807) is 20.8 Å². The first-order chi connectivity index (χ1) is 11.2. The second-order valence-electron chi connectivity index (χ2n) is 4.70. The van der Waals surface area contributed by atoms with Crippen LogP contribution in [0.25, 0.3) is 0 Å². The Morgan fingerprint density at radius 2 is 1.62 bits per heavy atom. The molecular formula is C14H27NO8S. The predicted octanol–water partition coefficient (Wildman–Crippen LogP) is 0.191. The minimum absolute atomic E-state index is 0.0875. The van der Waals surface area contributed by atoms with Crippen molar-refractivity contribution in [3.8, 4) is 0 Å². The van der Waals surface area contributed by atoms with Gasteiger partial charge in [0, 0.05) is 26.7 Å². The molecule has 0 rings (SSSR count). The van der Waals surface area contributed by atoms with E-state index < -0.39 is 28.5 Å². The summed E-state index contributed by atoms with van der Waals surface area (Å²) >= 11 is 0. The van der Waals surface area contributed by atoms with Crippen molar-refractivity contribution in [2.45, 2.75) is 39.9 Å². The second-order valence-corrected chi connectivity index (χ2v) is 6.46. The van der Waals surface area contributed by atoms with E-state index >= 15 is 0 Å². The molecule has 0 aliphatic rings. The summed E-state index contributed by atoms with van der Waals surface area (Å²) in [7, 11) is -3.92. The van der Waals surface area contributed by atoms with E-state index in [0.717, 1.165) is 0 Å². The molecule has 0 aliphatic carbocycles. The summed E-state index contributed by atoms with van der Waals surface area (Å²) in [5, 5.41) is 2.48. The molecule has 1 amide bonds. The minimum Gasteiger partial charge on any atom is -0.462 e. The number of carbonyl (C=O) groups is 2. The van der Waals surface area contributed by atoms with Gasteiger partial charge >= 0.3 is 5.97 Å². The van der Waals surface area contributed by atoms with Crippen LogP contribution >= 0.6 is 0 Å². The zero-order chi connectivity index (χ0) is 18.6. The summed E-state index contributed by atoms with van der Waals surface area (Å²) in [6.07, 6.45) is 0.178. The maximum atomic E-state index is 12.1. The van der Waals surface area contributed by atoms with Crippen LogP contribution in [0.15, 0.2) is 0 Å². The Labute approximate surface area is 143 Å². The molecule has 0 saturated carbocycles. The van der Waals surface area contributed by atoms with Crippen LogP contribution in [-0.2, 0) is 38.1 Å². The van der Waals surface area contributed by atoms with Crippen LogP contribution in [0.3, 0.4) is 0 Å². The second kappa shape index (κ2) is 11.3. The third kappa shape index (κ3) is 8.57.